The maximum absolute atomic E-state index is 12.3. The highest BCUT2D eigenvalue weighted by Gasteiger charge is 2.11. The highest BCUT2D eigenvalue weighted by atomic mass is 16.2. The van der Waals surface area contributed by atoms with Gasteiger partial charge >= 0.3 is 0 Å². The molecule has 0 aliphatic rings. The van der Waals surface area contributed by atoms with Crippen molar-refractivity contribution in [1.29, 1.82) is 0 Å². The third-order valence-electron chi connectivity index (χ3n) is 3.80. The average Bonchev–Trinajstić information content (AvgIpc) is 2.62. The maximum Gasteiger partial charge on any atom is 0.255 e. The molecule has 1 aromatic carbocycles. The van der Waals surface area contributed by atoms with Gasteiger partial charge in [0.2, 0.25) is 0 Å². The van der Waals surface area contributed by atoms with E-state index in [2.05, 4.69) is 10.6 Å². The largest absolute Gasteiger partial charge is 0.317 e. The summed E-state index contributed by atoms with van der Waals surface area (Å²) in [7, 11) is 3.77. The first kappa shape index (κ1) is 17.3. The SMILES string of the molecule is C[n+]1cccc(NC(=O)c2ccc(C(=O)Nc3ccc[n+](C)c3)cc2)c1. The molecule has 6 nitrogen and oxygen atoms in total. The van der Waals surface area contributed by atoms with Gasteiger partial charge in [-0.15, -0.1) is 0 Å². The molecule has 2 N–H and O–H groups in total. The standard InChI is InChI=1S/C20H18N4O2/c1-23-11-3-5-17(13-23)21-19(25)15-7-9-16(10-8-15)20(26)22-18-6-4-12-24(2)14-18/h3-14H,1-2H3/p+2. The third kappa shape index (κ3) is 4.30. The van der Waals surface area contributed by atoms with E-state index in [1.165, 1.54) is 0 Å². The molecule has 3 rings (SSSR count). The molecular formula is C20H20N4O2+2. The van der Waals surface area contributed by atoms with E-state index >= 15 is 0 Å². The third-order valence-corrected chi connectivity index (χ3v) is 3.80. The van der Waals surface area contributed by atoms with Gasteiger partial charge in [0.1, 0.15) is 25.5 Å². The van der Waals surface area contributed by atoms with E-state index in [0.717, 1.165) is 0 Å². The van der Waals surface area contributed by atoms with Gasteiger partial charge in [-0.05, 0) is 36.4 Å². The molecule has 0 unspecified atom stereocenters. The normalized spacial score (nSPS) is 10.2. The fourth-order valence-corrected chi connectivity index (χ4v) is 2.50. The summed E-state index contributed by atoms with van der Waals surface area (Å²) in [5, 5.41) is 5.66. The van der Waals surface area contributed by atoms with Crippen LogP contribution in [-0.4, -0.2) is 11.8 Å². The molecule has 2 heterocycles. The Kier molecular flexibility index (Phi) is 5.03. The quantitative estimate of drug-likeness (QED) is 0.707. The van der Waals surface area contributed by atoms with Crippen molar-refractivity contribution in [3.63, 3.8) is 0 Å². The van der Waals surface area contributed by atoms with Gasteiger partial charge in [-0.2, -0.15) is 0 Å². The van der Waals surface area contributed by atoms with Gasteiger partial charge in [0.15, 0.2) is 24.8 Å². The molecule has 0 aliphatic heterocycles. The number of rotatable bonds is 4. The van der Waals surface area contributed by atoms with Gasteiger partial charge in [-0.3, -0.25) is 9.59 Å². The number of hydrogen-bond acceptors (Lipinski definition) is 2. The Morgan fingerprint density at radius 1 is 0.692 bits per heavy atom. The van der Waals surface area contributed by atoms with Crippen molar-refractivity contribution < 1.29 is 18.7 Å². The molecule has 0 saturated carbocycles. The molecule has 3 aromatic rings. The van der Waals surface area contributed by atoms with Crippen LogP contribution in [0.2, 0.25) is 0 Å². The minimum atomic E-state index is -0.224. The second-order valence-corrected chi connectivity index (χ2v) is 6.00. The zero-order valence-corrected chi connectivity index (χ0v) is 14.6. The van der Waals surface area contributed by atoms with Crippen molar-refractivity contribution >= 4 is 23.2 Å². The Hall–Kier alpha value is -3.54. The summed E-state index contributed by atoms with van der Waals surface area (Å²) >= 11 is 0. The summed E-state index contributed by atoms with van der Waals surface area (Å²) in [5.74, 6) is -0.448. The number of carbonyl (C=O) groups excluding carboxylic acids is 2. The van der Waals surface area contributed by atoms with Gasteiger partial charge in [0.05, 0.1) is 0 Å². The lowest BCUT2D eigenvalue weighted by Gasteiger charge is -2.06. The Balaban J connectivity index is 1.67. The first-order valence-electron chi connectivity index (χ1n) is 8.14. The Labute approximate surface area is 151 Å². The monoisotopic (exact) mass is 348 g/mol. The number of hydrogen-bond donors (Lipinski definition) is 2. The molecule has 0 atom stereocenters. The molecule has 0 saturated heterocycles. The molecule has 0 bridgehead atoms. The van der Waals surface area contributed by atoms with E-state index in [0.29, 0.717) is 22.5 Å². The van der Waals surface area contributed by atoms with Crippen molar-refractivity contribution in [3.8, 4) is 0 Å². The lowest BCUT2D eigenvalue weighted by Crippen LogP contribution is -2.27. The lowest BCUT2D eigenvalue weighted by molar-refractivity contribution is -0.670. The molecule has 0 radical (unpaired) electrons. The second kappa shape index (κ2) is 7.57. The predicted octanol–water partition coefficient (Wildman–Crippen LogP) is 1.84. The summed E-state index contributed by atoms with van der Waals surface area (Å²) in [6, 6.07) is 13.9. The Morgan fingerprint density at radius 3 is 1.42 bits per heavy atom. The molecule has 0 fully saturated rings. The lowest BCUT2D eigenvalue weighted by atomic mass is 10.1. The summed E-state index contributed by atoms with van der Waals surface area (Å²) in [5.41, 5.74) is 2.39. The van der Waals surface area contributed by atoms with Crippen LogP contribution in [0.15, 0.2) is 73.3 Å². The van der Waals surface area contributed by atoms with Gasteiger partial charge in [0, 0.05) is 23.3 Å². The van der Waals surface area contributed by atoms with E-state index in [9.17, 15) is 9.59 Å². The summed E-state index contributed by atoms with van der Waals surface area (Å²) in [4.78, 5) is 24.6. The summed E-state index contributed by atoms with van der Waals surface area (Å²) in [6.07, 6.45) is 7.41. The van der Waals surface area contributed by atoms with Gasteiger partial charge in [0.25, 0.3) is 11.8 Å². The highest BCUT2D eigenvalue weighted by Crippen LogP contribution is 2.11. The first-order chi connectivity index (χ1) is 12.5. The summed E-state index contributed by atoms with van der Waals surface area (Å²) in [6.45, 7) is 0. The highest BCUT2D eigenvalue weighted by molar-refractivity contribution is 6.07. The van der Waals surface area contributed by atoms with Crippen LogP contribution in [-0.2, 0) is 14.1 Å². The second-order valence-electron chi connectivity index (χ2n) is 6.00. The van der Waals surface area contributed by atoms with Crippen LogP contribution in [0.4, 0.5) is 11.4 Å². The number of aromatic nitrogens is 2. The molecule has 0 spiro atoms. The van der Waals surface area contributed by atoms with Gasteiger partial charge in [-0.25, -0.2) is 9.13 Å². The van der Waals surface area contributed by atoms with Crippen molar-refractivity contribution in [2.45, 2.75) is 0 Å². The predicted molar refractivity (Wildman–Crippen MR) is 97.6 cm³/mol. The number of aryl methyl sites for hydroxylation is 2. The van der Waals surface area contributed by atoms with Crippen LogP contribution < -0.4 is 19.8 Å². The number of nitrogens with one attached hydrogen (secondary N) is 2. The van der Waals surface area contributed by atoms with Gasteiger partial charge < -0.3 is 10.6 Å². The van der Waals surface area contributed by atoms with E-state index in [4.69, 9.17) is 0 Å². The van der Waals surface area contributed by atoms with Crippen LogP contribution in [0.3, 0.4) is 0 Å². The fourth-order valence-electron chi connectivity index (χ4n) is 2.50. The van der Waals surface area contributed by atoms with Gasteiger partial charge in [-0.1, -0.05) is 0 Å². The van der Waals surface area contributed by atoms with E-state index < -0.39 is 0 Å². The topological polar surface area (TPSA) is 66.0 Å². The Morgan fingerprint density at radius 2 is 1.08 bits per heavy atom. The fraction of sp³-hybridized carbons (Fsp3) is 0.100. The van der Waals surface area contributed by atoms with E-state index in [1.54, 1.807) is 24.3 Å². The van der Waals surface area contributed by atoms with Crippen LogP contribution in [0.1, 0.15) is 20.7 Å². The van der Waals surface area contributed by atoms with E-state index in [-0.39, 0.29) is 11.8 Å². The number of anilines is 2. The maximum atomic E-state index is 12.3. The van der Waals surface area contributed by atoms with Crippen LogP contribution >= 0.6 is 0 Å². The molecule has 6 heteroatoms. The number of nitrogens with zero attached hydrogens (tertiary/aromatic N) is 2. The number of pyridine rings is 2. The minimum Gasteiger partial charge on any atom is -0.317 e. The first-order valence-corrected chi connectivity index (χ1v) is 8.14. The zero-order chi connectivity index (χ0) is 18.5. The van der Waals surface area contributed by atoms with Crippen LogP contribution in [0.25, 0.3) is 0 Å². The molecule has 2 amide bonds. The van der Waals surface area contributed by atoms with E-state index in [1.807, 2.05) is 72.3 Å². The minimum absolute atomic E-state index is 0.224. The Bertz CT molecular complexity index is 874. The molecule has 26 heavy (non-hydrogen) atoms. The zero-order valence-electron chi connectivity index (χ0n) is 14.6. The van der Waals surface area contributed by atoms with Crippen LogP contribution in [0, 0.1) is 0 Å². The van der Waals surface area contributed by atoms with Crippen molar-refractivity contribution in [1.82, 2.24) is 0 Å². The van der Waals surface area contributed by atoms with Crippen molar-refractivity contribution in [2.24, 2.45) is 14.1 Å². The average molecular weight is 348 g/mol. The number of benzene rings is 1. The van der Waals surface area contributed by atoms with Crippen molar-refractivity contribution in [2.75, 3.05) is 10.6 Å². The smallest absolute Gasteiger partial charge is 0.255 e. The molecule has 2 aromatic heterocycles. The van der Waals surface area contributed by atoms with Crippen molar-refractivity contribution in [3.05, 3.63) is 84.4 Å². The molecule has 0 aliphatic carbocycles. The molecular weight excluding hydrogens is 328 g/mol. The summed E-state index contributed by atoms with van der Waals surface area (Å²) < 4.78 is 3.71. The number of carbonyl (C=O) groups is 2. The van der Waals surface area contributed by atoms with Crippen LogP contribution in [0.5, 0.6) is 0 Å². The number of amides is 2. The molecule has 130 valence electrons.